The van der Waals surface area contributed by atoms with Crippen molar-refractivity contribution in [2.45, 2.75) is 24.8 Å². The van der Waals surface area contributed by atoms with Gasteiger partial charge in [0.1, 0.15) is 12.1 Å². The number of nitrogens with zero attached hydrogens (tertiary/aromatic N) is 5. The molecule has 0 bridgehead atoms. The molecule has 2 saturated heterocycles. The molecule has 0 radical (unpaired) electrons. The van der Waals surface area contributed by atoms with Crippen LogP contribution in [0.2, 0.25) is 5.02 Å². The van der Waals surface area contributed by atoms with Gasteiger partial charge in [-0.05, 0) is 60.7 Å². The number of nitrogens with one attached hydrogen (secondary N) is 1. The van der Waals surface area contributed by atoms with Gasteiger partial charge in [-0.2, -0.15) is 4.98 Å². The summed E-state index contributed by atoms with van der Waals surface area (Å²) in [6.45, 7) is 5.88. The minimum absolute atomic E-state index is 0.321. The van der Waals surface area contributed by atoms with E-state index in [0.29, 0.717) is 28.6 Å². The third kappa shape index (κ3) is 4.55. The maximum Gasteiger partial charge on any atom is 0.246 e. The van der Waals surface area contributed by atoms with Crippen molar-refractivity contribution in [3.8, 4) is 5.69 Å². The van der Waals surface area contributed by atoms with E-state index in [4.69, 9.17) is 16.3 Å². The molecule has 1 saturated carbocycles. The molecule has 1 aliphatic carbocycles. The number of hydrogen-bond donors (Lipinski definition) is 1. The number of piperazine rings is 1. The first-order chi connectivity index (χ1) is 16.1. The number of benzene rings is 2. The lowest BCUT2D eigenvalue weighted by atomic mass is 10.1. The first-order valence-corrected chi connectivity index (χ1v) is 11.9. The van der Waals surface area contributed by atoms with Gasteiger partial charge in [-0.15, -0.1) is 5.10 Å². The van der Waals surface area contributed by atoms with Crippen LogP contribution >= 0.6 is 11.6 Å². The summed E-state index contributed by atoms with van der Waals surface area (Å²) in [5.74, 6) is 0.692. The van der Waals surface area contributed by atoms with Crippen molar-refractivity contribution in [1.82, 2.24) is 19.7 Å². The zero-order valence-corrected chi connectivity index (χ0v) is 19.0. The van der Waals surface area contributed by atoms with Crippen LogP contribution in [0.4, 0.5) is 21.7 Å². The van der Waals surface area contributed by atoms with Crippen LogP contribution in [0.15, 0.2) is 42.7 Å². The van der Waals surface area contributed by atoms with E-state index in [1.807, 2.05) is 0 Å². The van der Waals surface area contributed by atoms with E-state index in [2.05, 4.69) is 43.4 Å². The van der Waals surface area contributed by atoms with E-state index in [-0.39, 0.29) is 0 Å². The molecule has 3 aromatic rings. The van der Waals surface area contributed by atoms with Gasteiger partial charge in [0.25, 0.3) is 0 Å². The van der Waals surface area contributed by atoms with Gasteiger partial charge in [0.05, 0.1) is 24.9 Å². The van der Waals surface area contributed by atoms with Crippen LogP contribution in [-0.2, 0) is 4.74 Å². The van der Waals surface area contributed by atoms with Gasteiger partial charge >= 0.3 is 0 Å². The van der Waals surface area contributed by atoms with E-state index in [1.54, 1.807) is 12.4 Å². The quantitative estimate of drug-likeness (QED) is 0.585. The average molecular weight is 469 g/mol. The molecule has 1 N–H and O–H groups in total. The SMILES string of the molecule is Fc1cc(Cl)cc(-n2cnc(Nc3cc(C4CC4)cc(N4CCN(C5COC5)CC4)c3)n2)c1. The number of halogens is 2. The zero-order chi connectivity index (χ0) is 22.4. The molecule has 9 heteroatoms. The Hall–Kier alpha value is -2.68. The predicted molar refractivity (Wildman–Crippen MR) is 126 cm³/mol. The molecule has 0 unspecified atom stereocenters. The largest absolute Gasteiger partial charge is 0.378 e. The lowest BCUT2D eigenvalue weighted by Gasteiger charge is -2.43. The fraction of sp³-hybridized carbons (Fsp3) is 0.417. The standard InChI is InChI=1S/C24H26ClFN6O/c25-18-9-19(26)11-22(10-18)32-15-27-24(29-32)28-20-7-17(16-1-2-16)8-21(12-20)30-3-5-31(6-4-30)23-13-33-14-23/h7-12,15-16,23H,1-6,13-14H2,(H,28,29). The topological polar surface area (TPSA) is 58.5 Å². The second kappa shape index (κ2) is 8.59. The van der Waals surface area contributed by atoms with Crippen LogP contribution in [0, 0.1) is 5.82 Å². The Morgan fingerprint density at radius 1 is 0.970 bits per heavy atom. The van der Waals surface area contributed by atoms with Crippen molar-refractivity contribution in [3.05, 3.63) is 59.1 Å². The number of anilines is 3. The van der Waals surface area contributed by atoms with Gasteiger partial charge in [0, 0.05) is 42.6 Å². The van der Waals surface area contributed by atoms with E-state index in [0.717, 1.165) is 45.1 Å². The van der Waals surface area contributed by atoms with E-state index in [9.17, 15) is 4.39 Å². The molecule has 33 heavy (non-hydrogen) atoms. The molecule has 1 aromatic heterocycles. The van der Waals surface area contributed by atoms with E-state index >= 15 is 0 Å². The fourth-order valence-corrected chi connectivity index (χ4v) is 4.78. The Morgan fingerprint density at radius 2 is 1.79 bits per heavy atom. The smallest absolute Gasteiger partial charge is 0.246 e. The summed E-state index contributed by atoms with van der Waals surface area (Å²) >= 11 is 5.99. The molecule has 0 amide bonds. The normalized spacial score (nSPS) is 19.5. The van der Waals surface area contributed by atoms with E-state index in [1.165, 1.54) is 40.9 Å². The minimum Gasteiger partial charge on any atom is -0.378 e. The summed E-state index contributed by atoms with van der Waals surface area (Å²) in [7, 11) is 0. The highest BCUT2D eigenvalue weighted by atomic mass is 35.5. The molecule has 3 aliphatic rings. The van der Waals surface area contributed by atoms with Crippen molar-refractivity contribution in [1.29, 1.82) is 0 Å². The third-order valence-corrected chi connectivity index (χ3v) is 6.88. The highest BCUT2D eigenvalue weighted by Gasteiger charge is 2.30. The van der Waals surface area contributed by atoms with Crippen molar-refractivity contribution in [2.75, 3.05) is 49.6 Å². The van der Waals surface area contributed by atoms with Crippen LogP contribution in [0.25, 0.3) is 5.69 Å². The molecule has 3 heterocycles. The van der Waals surface area contributed by atoms with Gasteiger partial charge in [0.2, 0.25) is 5.95 Å². The Labute approximate surface area is 197 Å². The Bertz CT molecular complexity index is 1130. The molecule has 2 aliphatic heterocycles. The summed E-state index contributed by atoms with van der Waals surface area (Å²) < 4.78 is 20.6. The molecular weight excluding hydrogens is 443 g/mol. The Kier molecular flexibility index (Phi) is 5.44. The van der Waals surface area contributed by atoms with Crippen LogP contribution in [0.3, 0.4) is 0 Å². The third-order valence-electron chi connectivity index (χ3n) is 6.66. The van der Waals surface area contributed by atoms with Gasteiger partial charge in [-0.1, -0.05) is 11.6 Å². The van der Waals surface area contributed by atoms with Crippen molar-refractivity contribution >= 4 is 28.9 Å². The Morgan fingerprint density at radius 3 is 2.48 bits per heavy atom. The highest BCUT2D eigenvalue weighted by molar-refractivity contribution is 6.30. The van der Waals surface area contributed by atoms with Gasteiger partial charge in [-0.25, -0.2) is 9.07 Å². The van der Waals surface area contributed by atoms with Crippen LogP contribution in [0.5, 0.6) is 0 Å². The van der Waals surface area contributed by atoms with Gasteiger partial charge in [-0.3, -0.25) is 4.90 Å². The summed E-state index contributed by atoms with van der Waals surface area (Å²) in [5, 5.41) is 8.14. The second-order valence-corrected chi connectivity index (χ2v) is 9.50. The minimum atomic E-state index is -0.408. The molecule has 7 nitrogen and oxygen atoms in total. The monoisotopic (exact) mass is 468 g/mol. The number of hydrogen-bond acceptors (Lipinski definition) is 6. The first-order valence-electron chi connectivity index (χ1n) is 11.5. The van der Waals surface area contributed by atoms with Gasteiger partial charge < -0.3 is 15.0 Å². The lowest BCUT2D eigenvalue weighted by molar-refractivity contribution is -0.0660. The second-order valence-electron chi connectivity index (χ2n) is 9.07. The van der Waals surface area contributed by atoms with Crippen LogP contribution in [0.1, 0.15) is 24.3 Å². The summed E-state index contributed by atoms with van der Waals surface area (Å²) in [6, 6.07) is 11.6. The van der Waals surface area contributed by atoms with Crippen molar-refractivity contribution < 1.29 is 9.13 Å². The first kappa shape index (κ1) is 20.9. The number of ether oxygens (including phenoxy) is 1. The number of rotatable bonds is 6. The zero-order valence-electron chi connectivity index (χ0n) is 18.3. The summed E-state index contributed by atoms with van der Waals surface area (Å²) in [5.41, 5.74) is 4.10. The van der Waals surface area contributed by atoms with Crippen molar-refractivity contribution in [3.63, 3.8) is 0 Å². The van der Waals surface area contributed by atoms with E-state index < -0.39 is 5.82 Å². The van der Waals surface area contributed by atoms with Crippen molar-refractivity contribution in [2.24, 2.45) is 0 Å². The highest BCUT2D eigenvalue weighted by Crippen LogP contribution is 2.42. The summed E-state index contributed by atoms with van der Waals surface area (Å²) in [6.07, 6.45) is 4.04. The van der Waals surface area contributed by atoms with Crippen LogP contribution in [-0.4, -0.2) is 65.1 Å². The molecular formula is C24H26ClFN6O. The molecule has 0 atom stereocenters. The van der Waals surface area contributed by atoms with Gasteiger partial charge in [0.15, 0.2) is 0 Å². The average Bonchev–Trinajstić information content (AvgIpc) is 3.51. The molecule has 6 rings (SSSR count). The summed E-state index contributed by atoms with van der Waals surface area (Å²) in [4.78, 5) is 9.37. The molecule has 0 spiro atoms. The maximum atomic E-state index is 13.7. The molecule has 2 aromatic carbocycles. The van der Waals surface area contributed by atoms with Crippen LogP contribution < -0.4 is 10.2 Å². The Balaban J connectivity index is 1.21. The fourth-order valence-electron chi connectivity index (χ4n) is 4.57. The predicted octanol–water partition coefficient (Wildman–Crippen LogP) is 4.20. The lowest BCUT2D eigenvalue weighted by Crippen LogP contribution is -2.56. The molecule has 3 fully saturated rings. The maximum absolute atomic E-state index is 13.7. The number of aromatic nitrogens is 3. The molecule has 172 valence electrons.